The Balaban J connectivity index is 1.33. The molecule has 33 heavy (non-hydrogen) atoms. The van der Waals surface area contributed by atoms with E-state index in [1.165, 1.54) is 17.4 Å². The van der Waals surface area contributed by atoms with Crippen LogP contribution in [0.5, 0.6) is 0 Å². The van der Waals surface area contributed by atoms with E-state index in [1.54, 1.807) is 35.2 Å². The fourth-order valence-corrected chi connectivity index (χ4v) is 4.66. The molecule has 1 N–H and O–H groups in total. The van der Waals surface area contributed by atoms with Crippen LogP contribution in [-0.2, 0) is 11.3 Å². The third-order valence-corrected chi connectivity index (χ3v) is 6.38. The summed E-state index contributed by atoms with van der Waals surface area (Å²) in [6.07, 6.45) is 3.36. The van der Waals surface area contributed by atoms with Crippen molar-refractivity contribution in [3.8, 4) is 11.5 Å². The van der Waals surface area contributed by atoms with Crippen molar-refractivity contribution in [2.24, 2.45) is 0 Å². The molecule has 4 aromatic rings. The maximum atomic E-state index is 12.9. The third kappa shape index (κ3) is 4.74. The molecule has 0 aliphatic carbocycles. The standard InChI is InChI=1S/C24H22N4O4S/c29-20-5-1-2-10-28(20)16-17-6-8-18(9-7-17)22(30)26-24-25-21(19-4-3-13-32-19)23(33-24)27-11-14-31-15-12-27/h1-10,13H,11-12,14-16H2,(H,25,26,30). The number of nitrogens with zero attached hydrogens (tertiary/aromatic N) is 3. The zero-order valence-corrected chi connectivity index (χ0v) is 18.6. The Morgan fingerprint density at radius 1 is 1.06 bits per heavy atom. The lowest BCUT2D eigenvalue weighted by Gasteiger charge is -2.27. The van der Waals surface area contributed by atoms with Crippen molar-refractivity contribution >= 4 is 27.4 Å². The summed E-state index contributed by atoms with van der Waals surface area (Å²) in [5.74, 6) is 0.417. The number of anilines is 2. The van der Waals surface area contributed by atoms with Crippen LogP contribution in [0.3, 0.4) is 0 Å². The molecule has 0 unspecified atom stereocenters. The van der Waals surface area contributed by atoms with E-state index in [4.69, 9.17) is 9.15 Å². The molecule has 8 nitrogen and oxygen atoms in total. The summed E-state index contributed by atoms with van der Waals surface area (Å²) >= 11 is 1.42. The molecule has 168 valence electrons. The lowest BCUT2D eigenvalue weighted by molar-refractivity contribution is 0.102. The number of nitrogens with one attached hydrogen (secondary N) is 1. The van der Waals surface area contributed by atoms with Gasteiger partial charge in [-0.1, -0.05) is 29.5 Å². The predicted octanol–water partition coefficient (Wildman–Crippen LogP) is 3.70. The van der Waals surface area contributed by atoms with Gasteiger partial charge < -0.3 is 18.6 Å². The van der Waals surface area contributed by atoms with Crippen LogP contribution in [0.1, 0.15) is 15.9 Å². The van der Waals surface area contributed by atoms with E-state index in [9.17, 15) is 9.59 Å². The van der Waals surface area contributed by atoms with Crippen molar-refractivity contribution in [3.63, 3.8) is 0 Å². The van der Waals surface area contributed by atoms with E-state index in [2.05, 4.69) is 15.2 Å². The van der Waals surface area contributed by atoms with Crippen LogP contribution in [0.15, 0.2) is 76.3 Å². The summed E-state index contributed by atoms with van der Waals surface area (Å²) in [4.78, 5) is 31.6. The molecule has 1 saturated heterocycles. The van der Waals surface area contributed by atoms with Gasteiger partial charge in [0, 0.05) is 30.9 Å². The Morgan fingerprint density at radius 3 is 2.61 bits per heavy atom. The van der Waals surface area contributed by atoms with Crippen LogP contribution in [0, 0.1) is 0 Å². The summed E-state index contributed by atoms with van der Waals surface area (Å²) in [7, 11) is 0. The van der Waals surface area contributed by atoms with Gasteiger partial charge in [-0.05, 0) is 35.9 Å². The summed E-state index contributed by atoms with van der Waals surface area (Å²) in [5, 5.41) is 4.37. The number of ether oxygens (including phenoxy) is 1. The third-order valence-electron chi connectivity index (χ3n) is 5.35. The maximum absolute atomic E-state index is 12.9. The first-order valence-corrected chi connectivity index (χ1v) is 11.4. The number of furan rings is 1. The Bertz CT molecular complexity index is 1290. The molecule has 0 atom stereocenters. The molecule has 1 aromatic carbocycles. The highest BCUT2D eigenvalue weighted by molar-refractivity contribution is 7.20. The molecule has 1 aliphatic heterocycles. The predicted molar refractivity (Wildman–Crippen MR) is 127 cm³/mol. The van der Waals surface area contributed by atoms with Gasteiger partial charge in [0.15, 0.2) is 10.9 Å². The highest BCUT2D eigenvalue weighted by Gasteiger charge is 2.23. The van der Waals surface area contributed by atoms with Crippen LogP contribution in [0.25, 0.3) is 11.5 Å². The van der Waals surface area contributed by atoms with E-state index in [-0.39, 0.29) is 11.5 Å². The topological polar surface area (TPSA) is 89.6 Å². The van der Waals surface area contributed by atoms with E-state index in [0.717, 1.165) is 23.7 Å². The molecule has 0 saturated carbocycles. The maximum Gasteiger partial charge on any atom is 0.257 e. The van der Waals surface area contributed by atoms with Crippen LogP contribution < -0.4 is 15.8 Å². The second-order valence-electron chi connectivity index (χ2n) is 7.57. The van der Waals surface area contributed by atoms with Crippen molar-refractivity contribution < 1.29 is 13.9 Å². The van der Waals surface area contributed by atoms with Gasteiger partial charge in [-0.3, -0.25) is 14.9 Å². The van der Waals surface area contributed by atoms with Gasteiger partial charge in [0.2, 0.25) is 0 Å². The highest BCUT2D eigenvalue weighted by atomic mass is 32.1. The molecule has 1 fully saturated rings. The number of aromatic nitrogens is 2. The van der Waals surface area contributed by atoms with Gasteiger partial charge in [0.1, 0.15) is 10.7 Å². The lowest BCUT2D eigenvalue weighted by Crippen LogP contribution is -2.35. The number of carbonyl (C=O) groups is 1. The largest absolute Gasteiger partial charge is 0.463 e. The molecule has 1 amide bonds. The quantitative estimate of drug-likeness (QED) is 0.470. The average Bonchev–Trinajstić information content (AvgIpc) is 3.52. The Morgan fingerprint density at radius 2 is 1.88 bits per heavy atom. The molecule has 9 heteroatoms. The van der Waals surface area contributed by atoms with Gasteiger partial charge in [-0.25, -0.2) is 4.98 Å². The fourth-order valence-electron chi connectivity index (χ4n) is 3.64. The van der Waals surface area contributed by atoms with Crippen LogP contribution >= 0.6 is 11.3 Å². The first-order chi connectivity index (χ1) is 16.2. The van der Waals surface area contributed by atoms with Crippen molar-refractivity contribution in [3.05, 3.63) is 88.5 Å². The zero-order valence-electron chi connectivity index (χ0n) is 17.8. The molecule has 3 aromatic heterocycles. The van der Waals surface area contributed by atoms with Crippen molar-refractivity contribution in [2.45, 2.75) is 6.54 Å². The van der Waals surface area contributed by atoms with Crippen LogP contribution in [-0.4, -0.2) is 41.8 Å². The van der Waals surface area contributed by atoms with Gasteiger partial charge in [-0.15, -0.1) is 0 Å². The summed E-state index contributed by atoms with van der Waals surface area (Å²) in [6.45, 7) is 3.27. The first kappa shape index (κ1) is 21.2. The number of benzene rings is 1. The van der Waals surface area contributed by atoms with E-state index in [1.807, 2.05) is 30.3 Å². The molecular formula is C24H22N4O4S. The first-order valence-electron chi connectivity index (χ1n) is 10.6. The van der Waals surface area contributed by atoms with E-state index >= 15 is 0 Å². The van der Waals surface area contributed by atoms with Crippen LogP contribution in [0.4, 0.5) is 10.1 Å². The number of morpholine rings is 1. The number of hydrogen-bond donors (Lipinski definition) is 1. The number of carbonyl (C=O) groups excluding carboxylic acids is 1. The molecule has 0 bridgehead atoms. The van der Waals surface area contributed by atoms with E-state index in [0.29, 0.717) is 41.9 Å². The minimum atomic E-state index is -0.244. The van der Waals surface area contributed by atoms with Gasteiger partial charge in [0.25, 0.3) is 11.5 Å². The molecule has 4 heterocycles. The summed E-state index contributed by atoms with van der Waals surface area (Å²) in [6, 6.07) is 15.9. The van der Waals surface area contributed by atoms with Crippen LogP contribution in [0.2, 0.25) is 0 Å². The van der Waals surface area contributed by atoms with Gasteiger partial charge in [0.05, 0.1) is 26.0 Å². The summed E-state index contributed by atoms with van der Waals surface area (Å²) < 4.78 is 12.7. The van der Waals surface area contributed by atoms with E-state index < -0.39 is 0 Å². The molecule has 1 aliphatic rings. The minimum absolute atomic E-state index is 0.0634. The second kappa shape index (κ2) is 9.43. The van der Waals surface area contributed by atoms with Crippen molar-refractivity contribution in [1.29, 1.82) is 0 Å². The Hall–Kier alpha value is -3.69. The SMILES string of the molecule is O=C(Nc1nc(-c2ccco2)c(N2CCOCC2)s1)c1ccc(Cn2ccccc2=O)cc1. The van der Waals surface area contributed by atoms with Gasteiger partial charge in [-0.2, -0.15) is 0 Å². The molecule has 0 spiro atoms. The average molecular weight is 463 g/mol. The Labute approximate surface area is 194 Å². The minimum Gasteiger partial charge on any atom is -0.463 e. The Kier molecular flexibility index (Phi) is 6.05. The monoisotopic (exact) mass is 462 g/mol. The number of hydrogen-bond acceptors (Lipinski definition) is 7. The summed E-state index contributed by atoms with van der Waals surface area (Å²) in [5.41, 5.74) is 2.10. The smallest absolute Gasteiger partial charge is 0.257 e. The number of amides is 1. The number of rotatable bonds is 6. The molecule has 0 radical (unpaired) electrons. The fraction of sp³-hybridized carbons (Fsp3) is 0.208. The number of thiazole rings is 1. The second-order valence-corrected chi connectivity index (χ2v) is 8.54. The van der Waals surface area contributed by atoms with Gasteiger partial charge >= 0.3 is 0 Å². The molecule has 5 rings (SSSR count). The lowest BCUT2D eigenvalue weighted by atomic mass is 10.1. The van der Waals surface area contributed by atoms with Crippen molar-refractivity contribution in [1.82, 2.24) is 9.55 Å². The molecular weight excluding hydrogens is 440 g/mol. The zero-order chi connectivity index (χ0) is 22.6. The highest BCUT2D eigenvalue weighted by Crippen LogP contribution is 2.39. The van der Waals surface area contributed by atoms with Crippen molar-refractivity contribution in [2.75, 3.05) is 36.5 Å². The number of pyridine rings is 1. The normalized spacial score (nSPS) is 13.8.